The van der Waals surface area contributed by atoms with Crippen molar-refractivity contribution in [1.82, 2.24) is 0 Å². The molecule has 1 rings (SSSR count). The minimum Gasteiger partial charge on any atom is -0.379 e. The van der Waals surface area contributed by atoms with Crippen molar-refractivity contribution in [2.24, 2.45) is 11.7 Å². The Morgan fingerprint density at radius 2 is 1.72 bits per heavy atom. The summed E-state index contributed by atoms with van der Waals surface area (Å²) in [5.74, 6) is 0.564. The van der Waals surface area contributed by atoms with Gasteiger partial charge in [0, 0.05) is 6.61 Å². The van der Waals surface area contributed by atoms with Gasteiger partial charge >= 0.3 is 0 Å². The number of rotatable bonds is 8. The van der Waals surface area contributed by atoms with Gasteiger partial charge in [-0.2, -0.15) is 0 Å². The van der Waals surface area contributed by atoms with Gasteiger partial charge in [-0.1, -0.05) is 44.2 Å². The van der Waals surface area contributed by atoms with Crippen molar-refractivity contribution < 1.29 is 9.47 Å². The lowest BCUT2D eigenvalue weighted by Gasteiger charge is -2.21. The van der Waals surface area contributed by atoms with E-state index >= 15 is 0 Å². The van der Waals surface area contributed by atoms with E-state index in [0.29, 0.717) is 19.1 Å². The van der Waals surface area contributed by atoms with Gasteiger partial charge in [0.1, 0.15) is 0 Å². The Morgan fingerprint density at radius 3 is 2.33 bits per heavy atom. The van der Waals surface area contributed by atoms with Crippen LogP contribution in [0.25, 0.3) is 0 Å². The third-order valence-corrected chi connectivity index (χ3v) is 2.75. The molecule has 0 saturated heterocycles. The molecule has 1 aromatic rings. The molecule has 0 saturated carbocycles. The fraction of sp³-hybridized carbons (Fsp3) is 0.600. The second-order valence-electron chi connectivity index (χ2n) is 4.98. The van der Waals surface area contributed by atoms with Crippen LogP contribution in [0.15, 0.2) is 30.3 Å². The number of nitrogens with two attached hydrogens (primary N) is 1. The highest BCUT2D eigenvalue weighted by molar-refractivity contribution is 5.19. The van der Waals surface area contributed by atoms with Gasteiger partial charge in [-0.25, -0.2) is 0 Å². The highest BCUT2D eigenvalue weighted by Gasteiger charge is 2.14. The van der Waals surface area contributed by atoms with Gasteiger partial charge in [0.25, 0.3) is 0 Å². The molecule has 18 heavy (non-hydrogen) atoms. The number of hydrogen-bond acceptors (Lipinski definition) is 3. The van der Waals surface area contributed by atoms with Crippen LogP contribution >= 0.6 is 0 Å². The first-order chi connectivity index (χ1) is 8.61. The molecule has 0 aliphatic carbocycles. The van der Waals surface area contributed by atoms with Crippen molar-refractivity contribution >= 4 is 0 Å². The zero-order valence-electron chi connectivity index (χ0n) is 11.6. The van der Waals surface area contributed by atoms with Gasteiger partial charge in [0.2, 0.25) is 0 Å². The first kappa shape index (κ1) is 15.2. The van der Waals surface area contributed by atoms with Crippen LogP contribution in [0.5, 0.6) is 0 Å². The number of benzene rings is 1. The van der Waals surface area contributed by atoms with E-state index in [0.717, 1.165) is 12.2 Å². The lowest BCUT2D eigenvalue weighted by molar-refractivity contribution is -0.00317. The number of hydrogen-bond donors (Lipinski definition) is 1. The van der Waals surface area contributed by atoms with Gasteiger partial charge < -0.3 is 15.2 Å². The molecule has 1 aromatic carbocycles. The van der Waals surface area contributed by atoms with Crippen LogP contribution < -0.4 is 5.73 Å². The van der Waals surface area contributed by atoms with E-state index in [1.807, 2.05) is 37.3 Å². The molecule has 0 fully saturated rings. The Bertz CT molecular complexity index is 314. The maximum atomic E-state index is 6.14. The first-order valence-electron chi connectivity index (χ1n) is 6.61. The van der Waals surface area contributed by atoms with Gasteiger partial charge in [-0.15, -0.1) is 0 Å². The minimum absolute atomic E-state index is 0.00458. The van der Waals surface area contributed by atoms with E-state index in [9.17, 15) is 0 Å². The Hall–Kier alpha value is -0.900. The fourth-order valence-electron chi connectivity index (χ4n) is 1.66. The predicted molar refractivity (Wildman–Crippen MR) is 74.4 cm³/mol. The largest absolute Gasteiger partial charge is 0.379 e. The second-order valence-corrected chi connectivity index (χ2v) is 4.98. The third kappa shape index (κ3) is 5.63. The molecule has 0 amide bonds. The van der Waals surface area contributed by atoms with Crippen LogP contribution in [0, 0.1) is 5.92 Å². The Kier molecular flexibility index (Phi) is 6.94. The molecule has 0 radical (unpaired) electrons. The van der Waals surface area contributed by atoms with Crippen molar-refractivity contribution in [3.63, 3.8) is 0 Å². The summed E-state index contributed by atoms with van der Waals surface area (Å²) >= 11 is 0. The molecule has 0 aliphatic heterocycles. The molecule has 102 valence electrons. The molecule has 3 heteroatoms. The van der Waals surface area contributed by atoms with Crippen molar-refractivity contribution in [3.05, 3.63) is 35.9 Å². The number of ether oxygens (including phenoxy) is 2. The van der Waals surface area contributed by atoms with Crippen molar-refractivity contribution in [2.45, 2.75) is 32.9 Å². The van der Waals surface area contributed by atoms with Crippen LogP contribution in [0.1, 0.15) is 32.4 Å². The summed E-state index contributed by atoms with van der Waals surface area (Å²) in [6.45, 7) is 8.27. The van der Waals surface area contributed by atoms with Gasteiger partial charge in [0.05, 0.1) is 25.4 Å². The lowest BCUT2D eigenvalue weighted by Crippen LogP contribution is -2.27. The summed E-state index contributed by atoms with van der Waals surface area (Å²) in [5.41, 5.74) is 7.24. The normalized spacial score (nSPS) is 14.7. The second kappa shape index (κ2) is 8.25. The molecule has 0 aliphatic rings. The first-order valence-corrected chi connectivity index (χ1v) is 6.61. The molecule has 2 N–H and O–H groups in total. The van der Waals surface area contributed by atoms with Crippen LogP contribution in [0.4, 0.5) is 0 Å². The molecule has 0 heterocycles. The highest BCUT2D eigenvalue weighted by Crippen LogP contribution is 2.15. The van der Waals surface area contributed by atoms with Crippen LogP contribution in [-0.2, 0) is 9.47 Å². The van der Waals surface area contributed by atoms with E-state index in [-0.39, 0.29) is 12.1 Å². The summed E-state index contributed by atoms with van der Waals surface area (Å²) < 4.78 is 11.2. The van der Waals surface area contributed by atoms with Crippen LogP contribution in [0.3, 0.4) is 0 Å². The Labute approximate surface area is 110 Å². The topological polar surface area (TPSA) is 44.5 Å². The zero-order chi connectivity index (χ0) is 13.4. The van der Waals surface area contributed by atoms with Crippen LogP contribution in [0.2, 0.25) is 0 Å². The van der Waals surface area contributed by atoms with E-state index in [1.165, 1.54) is 0 Å². The fourth-order valence-corrected chi connectivity index (χ4v) is 1.66. The summed E-state index contributed by atoms with van der Waals surface area (Å²) in [6, 6.07) is 9.94. The molecular formula is C15H25NO2. The highest BCUT2D eigenvalue weighted by atomic mass is 16.5. The molecule has 0 spiro atoms. The van der Waals surface area contributed by atoms with E-state index in [1.54, 1.807) is 0 Å². The Morgan fingerprint density at radius 1 is 1.06 bits per heavy atom. The summed E-state index contributed by atoms with van der Waals surface area (Å²) in [4.78, 5) is 0. The zero-order valence-corrected chi connectivity index (χ0v) is 11.6. The summed E-state index contributed by atoms with van der Waals surface area (Å²) in [7, 11) is 0. The monoisotopic (exact) mass is 251 g/mol. The predicted octanol–water partition coefficient (Wildman–Crippen LogP) is 2.76. The minimum atomic E-state index is -0.0868. The summed E-state index contributed by atoms with van der Waals surface area (Å²) in [5, 5.41) is 0. The van der Waals surface area contributed by atoms with Crippen molar-refractivity contribution in [3.8, 4) is 0 Å². The van der Waals surface area contributed by atoms with E-state index in [4.69, 9.17) is 15.2 Å². The van der Waals surface area contributed by atoms with Gasteiger partial charge in [-0.3, -0.25) is 0 Å². The molecule has 3 nitrogen and oxygen atoms in total. The quantitative estimate of drug-likeness (QED) is 0.723. The molecule has 2 unspecified atom stereocenters. The lowest BCUT2D eigenvalue weighted by atomic mass is 10.0. The average Bonchev–Trinajstić information content (AvgIpc) is 2.38. The molecular weight excluding hydrogens is 226 g/mol. The maximum Gasteiger partial charge on any atom is 0.0740 e. The Balaban J connectivity index is 2.22. The van der Waals surface area contributed by atoms with Gasteiger partial charge in [0.15, 0.2) is 0 Å². The smallest absolute Gasteiger partial charge is 0.0740 e. The van der Waals surface area contributed by atoms with E-state index < -0.39 is 0 Å². The van der Waals surface area contributed by atoms with Crippen LogP contribution in [-0.4, -0.2) is 25.9 Å². The maximum absolute atomic E-state index is 6.14. The third-order valence-electron chi connectivity index (χ3n) is 2.75. The van der Waals surface area contributed by atoms with Crippen molar-refractivity contribution in [2.75, 3.05) is 19.8 Å². The summed E-state index contributed by atoms with van der Waals surface area (Å²) in [6.07, 6.45) is -0.00458. The molecule has 0 bridgehead atoms. The standard InChI is InChI=1S/C15H25NO2/c1-12(2)11-17-9-10-18-13(3)15(16)14-7-5-4-6-8-14/h4-8,12-13,15H,9-11,16H2,1-3H3. The van der Waals surface area contributed by atoms with Crippen molar-refractivity contribution in [1.29, 1.82) is 0 Å². The average molecular weight is 251 g/mol. The molecule has 0 aromatic heterocycles. The SMILES string of the molecule is CC(C)COCCOC(C)C(N)c1ccccc1. The van der Waals surface area contributed by atoms with E-state index in [2.05, 4.69) is 13.8 Å². The van der Waals surface area contributed by atoms with Gasteiger partial charge in [-0.05, 0) is 18.4 Å². The molecule has 2 atom stereocenters.